The molecule has 4 fully saturated rings. The topological polar surface area (TPSA) is 35.5 Å². The van der Waals surface area contributed by atoms with Crippen LogP contribution in [-0.4, -0.2) is 18.9 Å². The Balaban J connectivity index is 1.84. The summed E-state index contributed by atoms with van der Waals surface area (Å²) in [6.07, 6.45) is 8.01. The summed E-state index contributed by atoms with van der Waals surface area (Å²) in [6.45, 7) is 2.29. The monoisotopic (exact) mass is 238 g/mol. The van der Waals surface area contributed by atoms with Gasteiger partial charge in [0.2, 0.25) is 0 Å². The normalized spacial score (nSPS) is 46.9. The minimum atomic E-state index is -0.488. The van der Waals surface area contributed by atoms with Crippen LogP contribution in [0.3, 0.4) is 0 Å². The zero-order valence-electron chi connectivity index (χ0n) is 10.8. The van der Waals surface area contributed by atoms with Crippen molar-refractivity contribution < 1.29 is 14.3 Å². The molecule has 0 amide bonds. The number of hydrogen-bond acceptors (Lipinski definition) is 3. The van der Waals surface area contributed by atoms with Crippen molar-refractivity contribution in [3.63, 3.8) is 0 Å². The Labute approximate surface area is 103 Å². The van der Waals surface area contributed by atoms with Gasteiger partial charge in [-0.15, -0.1) is 0 Å². The van der Waals surface area contributed by atoms with Crippen molar-refractivity contribution in [2.45, 2.75) is 57.5 Å². The van der Waals surface area contributed by atoms with Crippen LogP contribution in [0.25, 0.3) is 0 Å². The van der Waals surface area contributed by atoms with Gasteiger partial charge < -0.3 is 9.47 Å². The molecule has 4 aliphatic rings. The molecule has 0 aromatic carbocycles. The minimum Gasteiger partial charge on any atom is -0.438 e. The van der Waals surface area contributed by atoms with E-state index in [0.717, 1.165) is 31.1 Å². The van der Waals surface area contributed by atoms with Gasteiger partial charge in [-0.2, -0.15) is 0 Å². The zero-order valence-corrected chi connectivity index (χ0v) is 10.8. The summed E-state index contributed by atoms with van der Waals surface area (Å²) in [5.41, 5.74) is 0.269. The van der Waals surface area contributed by atoms with E-state index in [4.69, 9.17) is 9.47 Å². The number of ether oxygens (including phenoxy) is 2. The maximum absolute atomic E-state index is 11.4. The van der Waals surface area contributed by atoms with Crippen LogP contribution in [0.5, 0.6) is 0 Å². The molecule has 4 bridgehead atoms. The van der Waals surface area contributed by atoms with Crippen molar-refractivity contribution >= 4 is 6.16 Å². The van der Waals surface area contributed by atoms with Crippen LogP contribution in [0.1, 0.15) is 51.9 Å². The molecule has 96 valence electrons. The largest absolute Gasteiger partial charge is 0.508 e. The van der Waals surface area contributed by atoms with Crippen LogP contribution in [0.2, 0.25) is 0 Å². The Morgan fingerprint density at radius 3 is 2.41 bits per heavy atom. The number of hydrogen-bond donors (Lipinski definition) is 0. The van der Waals surface area contributed by atoms with Gasteiger partial charge in [0.25, 0.3) is 0 Å². The standard InChI is InChI=1S/C14H22O3/c1-3-13-5-10-4-11(6-13)8-14(7-10,9-13)17-12(15)16-2/h10-11H,3-9H2,1-2H3. The molecule has 0 N–H and O–H groups in total. The molecule has 3 heteroatoms. The lowest BCUT2D eigenvalue weighted by atomic mass is 9.47. The average molecular weight is 238 g/mol. The van der Waals surface area contributed by atoms with Gasteiger partial charge in [-0.1, -0.05) is 13.3 Å². The summed E-state index contributed by atoms with van der Waals surface area (Å²) in [6, 6.07) is 0. The lowest BCUT2D eigenvalue weighted by Crippen LogP contribution is -2.57. The van der Waals surface area contributed by atoms with E-state index in [1.807, 2.05) is 0 Å². The quantitative estimate of drug-likeness (QED) is 0.690. The van der Waals surface area contributed by atoms with E-state index in [-0.39, 0.29) is 5.60 Å². The molecule has 0 radical (unpaired) electrons. The van der Waals surface area contributed by atoms with Gasteiger partial charge in [-0.3, -0.25) is 0 Å². The maximum Gasteiger partial charge on any atom is 0.508 e. The molecule has 3 nitrogen and oxygen atoms in total. The fourth-order valence-electron chi connectivity index (χ4n) is 5.12. The molecule has 0 aliphatic heterocycles. The summed E-state index contributed by atoms with van der Waals surface area (Å²) in [4.78, 5) is 11.4. The van der Waals surface area contributed by atoms with E-state index in [1.54, 1.807) is 0 Å². The van der Waals surface area contributed by atoms with E-state index in [2.05, 4.69) is 6.92 Å². The minimum absolute atomic E-state index is 0.187. The second-order valence-corrected chi connectivity index (χ2v) is 6.55. The molecule has 0 spiro atoms. The van der Waals surface area contributed by atoms with Crippen LogP contribution in [0.4, 0.5) is 4.79 Å². The number of carbonyl (C=O) groups excluding carboxylic acids is 1. The van der Waals surface area contributed by atoms with Crippen molar-refractivity contribution in [3.05, 3.63) is 0 Å². The van der Waals surface area contributed by atoms with Crippen molar-refractivity contribution in [2.24, 2.45) is 17.3 Å². The Morgan fingerprint density at radius 1 is 1.24 bits per heavy atom. The van der Waals surface area contributed by atoms with Gasteiger partial charge >= 0.3 is 6.16 Å². The molecule has 4 saturated carbocycles. The predicted octanol–water partition coefficient (Wildman–Crippen LogP) is 3.52. The lowest BCUT2D eigenvalue weighted by molar-refractivity contribution is -0.174. The van der Waals surface area contributed by atoms with Crippen LogP contribution in [-0.2, 0) is 9.47 Å². The van der Waals surface area contributed by atoms with Gasteiger partial charge in [-0.25, -0.2) is 4.79 Å². The third-order valence-corrected chi connectivity index (χ3v) is 5.35. The first-order valence-corrected chi connectivity index (χ1v) is 6.86. The van der Waals surface area contributed by atoms with E-state index in [0.29, 0.717) is 5.41 Å². The molecule has 17 heavy (non-hydrogen) atoms. The van der Waals surface area contributed by atoms with E-state index < -0.39 is 6.16 Å². The van der Waals surface area contributed by atoms with Gasteiger partial charge in [0.1, 0.15) is 5.60 Å². The van der Waals surface area contributed by atoms with E-state index >= 15 is 0 Å². The van der Waals surface area contributed by atoms with Gasteiger partial charge in [-0.05, 0) is 55.8 Å². The first kappa shape index (κ1) is 11.4. The first-order chi connectivity index (χ1) is 8.09. The highest BCUT2D eigenvalue weighted by Crippen LogP contribution is 2.63. The summed E-state index contributed by atoms with van der Waals surface area (Å²) in [5.74, 6) is 1.56. The number of methoxy groups -OCH3 is 1. The van der Waals surface area contributed by atoms with Crippen molar-refractivity contribution in [1.29, 1.82) is 0 Å². The Bertz CT molecular complexity index is 322. The van der Waals surface area contributed by atoms with Gasteiger partial charge in [0, 0.05) is 0 Å². The molecule has 2 atom stereocenters. The van der Waals surface area contributed by atoms with Crippen LogP contribution in [0, 0.1) is 17.3 Å². The zero-order chi connectivity index (χ0) is 12.1. The molecule has 2 unspecified atom stereocenters. The molecule has 0 aromatic rings. The van der Waals surface area contributed by atoms with Crippen molar-refractivity contribution in [2.75, 3.05) is 7.11 Å². The van der Waals surface area contributed by atoms with E-state index in [9.17, 15) is 4.79 Å². The molecule has 0 heterocycles. The molecular weight excluding hydrogens is 216 g/mol. The Kier molecular flexibility index (Phi) is 2.43. The number of rotatable bonds is 2. The third kappa shape index (κ3) is 1.74. The van der Waals surface area contributed by atoms with Crippen molar-refractivity contribution in [1.82, 2.24) is 0 Å². The van der Waals surface area contributed by atoms with Gasteiger partial charge in [0.05, 0.1) is 7.11 Å². The summed E-state index contributed by atoms with van der Waals surface area (Å²) in [7, 11) is 1.40. The maximum atomic E-state index is 11.4. The third-order valence-electron chi connectivity index (χ3n) is 5.35. The van der Waals surface area contributed by atoms with Crippen LogP contribution < -0.4 is 0 Å². The Hall–Kier alpha value is -0.730. The van der Waals surface area contributed by atoms with Gasteiger partial charge in [0.15, 0.2) is 0 Å². The summed E-state index contributed by atoms with van der Waals surface area (Å²) in [5, 5.41) is 0. The summed E-state index contributed by atoms with van der Waals surface area (Å²) >= 11 is 0. The second kappa shape index (κ2) is 3.63. The highest BCUT2D eigenvalue weighted by atomic mass is 16.7. The summed E-state index contributed by atoms with van der Waals surface area (Å²) < 4.78 is 10.4. The first-order valence-electron chi connectivity index (χ1n) is 6.86. The van der Waals surface area contributed by atoms with E-state index in [1.165, 1.54) is 32.8 Å². The Morgan fingerprint density at radius 2 is 1.88 bits per heavy atom. The molecule has 4 aliphatic carbocycles. The molecular formula is C14H22O3. The van der Waals surface area contributed by atoms with Crippen LogP contribution >= 0.6 is 0 Å². The predicted molar refractivity (Wildman–Crippen MR) is 63.6 cm³/mol. The smallest absolute Gasteiger partial charge is 0.438 e. The molecule has 4 rings (SSSR count). The fraction of sp³-hybridized carbons (Fsp3) is 0.929. The SMILES string of the molecule is CCC12CC3CC(C1)CC(OC(=O)OC)(C3)C2. The molecule has 0 aromatic heterocycles. The highest BCUT2D eigenvalue weighted by molar-refractivity contribution is 5.60. The lowest BCUT2D eigenvalue weighted by Gasteiger charge is -2.61. The van der Waals surface area contributed by atoms with Crippen LogP contribution in [0.15, 0.2) is 0 Å². The second-order valence-electron chi connectivity index (χ2n) is 6.55. The molecule has 0 saturated heterocycles. The highest BCUT2D eigenvalue weighted by Gasteiger charge is 2.58. The average Bonchev–Trinajstić information content (AvgIpc) is 2.26. The number of carbonyl (C=O) groups is 1. The fourth-order valence-corrected chi connectivity index (χ4v) is 5.12. The van der Waals surface area contributed by atoms with Crippen molar-refractivity contribution in [3.8, 4) is 0 Å².